The second-order valence-electron chi connectivity index (χ2n) is 16.5. The van der Waals surface area contributed by atoms with Gasteiger partial charge in [-0.2, -0.15) is 0 Å². The highest BCUT2D eigenvalue weighted by Gasteiger charge is 2.16. The third-order valence-corrected chi connectivity index (χ3v) is 12.7. The average Bonchev–Trinajstić information content (AvgIpc) is 3.38. The van der Waals surface area contributed by atoms with Crippen molar-refractivity contribution in [1.82, 2.24) is 9.97 Å². The zero-order chi connectivity index (χ0) is 42.4. The summed E-state index contributed by atoms with van der Waals surface area (Å²) in [7, 11) is 0. The molecule has 12 rings (SSSR count). The molecule has 0 N–H and O–H groups in total. The van der Waals surface area contributed by atoms with Gasteiger partial charge in [0.25, 0.3) is 0 Å². The van der Waals surface area contributed by atoms with Crippen LogP contribution < -0.4 is 0 Å². The molecular weight excluding hydrogens is 773 g/mol. The monoisotopic (exact) mass is 812 g/mol. The zero-order valence-corrected chi connectivity index (χ0v) is 35.0. The van der Waals surface area contributed by atoms with Crippen LogP contribution in [0.5, 0.6) is 0 Å². The number of nitrogens with zero attached hydrogens (tertiary/aromatic N) is 2. The Kier molecular flexibility index (Phi) is 9.20. The minimum Gasteiger partial charge on any atom is -0.228 e. The first-order chi connectivity index (χ1) is 31.7. The van der Waals surface area contributed by atoms with Crippen LogP contribution in [-0.4, -0.2) is 9.97 Å². The molecule has 2 nitrogen and oxygen atoms in total. The quantitative estimate of drug-likeness (QED) is 0.118. The lowest BCUT2D eigenvalue weighted by Gasteiger charge is -2.15. The first kappa shape index (κ1) is 37.3. The molecule has 11 aromatic carbocycles. The largest absolute Gasteiger partial charge is 0.228 e. The van der Waals surface area contributed by atoms with Gasteiger partial charge in [0.1, 0.15) is 0 Å². The van der Waals surface area contributed by atoms with Gasteiger partial charge in [-0.1, -0.05) is 231 Å². The molecule has 1 heterocycles. The van der Waals surface area contributed by atoms with Crippen LogP contribution in [0, 0.1) is 0 Å². The highest BCUT2D eigenvalue weighted by atomic mass is 14.9. The molecule has 0 radical (unpaired) electrons. The third-order valence-electron chi connectivity index (χ3n) is 12.7. The van der Waals surface area contributed by atoms with E-state index in [0.29, 0.717) is 5.82 Å². The molecule has 1 aromatic heterocycles. The maximum Gasteiger partial charge on any atom is 0.160 e. The first-order valence-electron chi connectivity index (χ1n) is 21.9. The van der Waals surface area contributed by atoms with Gasteiger partial charge in [0, 0.05) is 16.7 Å². The second kappa shape index (κ2) is 15.8. The van der Waals surface area contributed by atoms with E-state index in [4.69, 9.17) is 9.97 Å². The smallest absolute Gasteiger partial charge is 0.160 e. The Morgan fingerprint density at radius 1 is 0.219 bits per heavy atom. The van der Waals surface area contributed by atoms with Gasteiger partial charge in [-0.3, -0.25) is 0 Å². The Morgan fingerprint density at radius 2 is 0.656 bits per heavy atom. The van der Waals surface area contributed by atoms with E-state index in [9.17, 15) is 0 Å². The van der Waals surface area contributed by atoms with Crippen molar-refractivity contribution < 1.29 is 0 Å². The molecule has 0 spiro atoms. The lowest BCUT2D eigenvalue weighted by Crippen LogP contribution is -1.96. The highest BCUT2D eigenvalue weighted by Crippen LogP contribution is 2.42. The summed E-state index contributed by atoms with van der Waals surface area (Å²) in [6.45, 7) is 0. The van der Waals surface area contributed by atoms with Gasteiger partial charge < -0.3 is 0 Å². The number of rotatable bonds is 7. The summed E-state index contributed by atoms with van der Waals surface area (Å²) in [5.74, 6) is 0.698. The maximum atomic E-state index is 5.16. The van der Waals surface area contributed by atoms with E-state index in [-0.39, 0.29) is 0 Å². The second-order valence-corrected chi connectivity index (χ2v) is 16.5. The van der Waals surface area contributed by atoms with E-state index in [2.05, 4.69) is 231 Å². The standard InChI is InChI=1S/C62H40N2/c1-3-13-41(14-4-1)42-23-29-47(30-24-42)60-40-59(46-16-5-2-6-17-46)63-62(64-60)49-33-27-45(28-34-49)53-38-37-52(55-21-11-12-22-56(53)55)44-25-31-48(32-26-44)61-54-20-10-8-18-50(54)39-58-51-19-9-7-15-43(51)35-36-57(58)61/h1-40H. The average molecular weight is 813 g/mol. The molecule has 0 aliphatic rings. The topological polar surface area (TPSA) is 25.8 Å². The first-order valence-corrected chi connectivity index (χ1v) is 21.9. The van der Waals surface area contributed by atoms with Gasteiger partial charge >= 0.3 is 0 Å². The Bertz CT molecular complexity index is 3670. The maximum absolute atomic E-state index is 5.16. The summed E-state index contributed by atoms with van der Waals surface area (Å²) < 4.78 is 0. The Balaban J connectivity index is 0.891. The van der Waals surface area contributed by atoms with Crippen molar-refractivity contribution >= 4 is 43.1 Å². The summed E-state index contributed by atoms with van der Waals surface area (Å²) in [6, 6.07) is 87.2. The molecule has 298 valence electrons. The van der Waals surface area contributed by atoms with Crippen LogP contribution in [0.3, 0.4) is 0 Å². The van der Waals surface area contributed by atoms with Crippen molar-refractivity contribution in [3.8, 4) is 78.4 Å². The van der Waals surface area contributed by atoms with E-state index < -0.39 is 0 Å². The van der Waals surface area contributed by atoms with Gasteiger partial charge in [0.2, 0.25) is 0 Å². The lowest BCUT2D eigenvalue weighted by molar-refractivity contribution is 1.18. The molecule has 0 fully saturated rings. The van der Waals surface area contributed by atoms with E-state index >= 15 is 0 Å². The normalized spacial score (nSPS) is 11.4. The number of benzene rings is 11. The molecule has 2 heteroatoms. The number of aromatic nitrogens is 2. The van der Waals surface area contributed by atoms with Crippen molar-refractivity contribution in [2.75, 3.05) is 0 Å². The Hall–Kier alpha value is -8.46. The van der Waals surface area contributed by atoms with E-state index in [1.165, 1.54) is 82.0 Å². The number of fused-ring (bicyclic) bond motifs is 5. The zero-order valence-electron chi connectivity index (χ0n) is 35.0. The van der Waals surface area contributed by atoms with Crippen LogP contribution in [0.1, 0.15) is 0 Å². The van der Waals surface area contributed by atoms with Gasteiger partial charge in [0.05, 0.1) is 11.4 Å². The predicted molar refractivity (Wildman–Crippen MR) is 270 cm³/mol. The molecule has 64 heavy (non-hydrogen) atoms. The summed E-state index contributed by atoms with van der Waals surface area (Å²) in [6.07, 6.45) is 0. The van der Waals surface area contributed by atoms with Crippen LogP contribution in [0.25, 0.3) is 122 Å². The summed E-state index contributed by atoms with van der Waals surface area (Å²) in [5.41, 5.74) is 14.5. The van der Waals surface area contributed by atoms with Crippen molar-refractivity contribution in [2.24, 2.45) is 0 Å². The minimum atomic E-state index is 0.698. The third kappa shape index (κ3) is 6.70. The molecule has 0 aliphatic carbocycles. The molecule has 0 saturated heterocycles. The Labute approximate surface area is 372 Å². The fourth-order valence-corrected chi connectivity index (χ4v) is 9.49. The van der Waals surface area contributed by atoms with Crippen molar-refractivity contribution in [1.29, 1.82) is 0 Å². The van der Waals surface area contributed by atoms with Gasteiger partial charge in [-0.05, 0) is 99.7 Å². The summed E-state index contributed by atoms with van der Waals surface area (Å²) in [4.78, 5) is 10.3. The van der Waals surface area contributed by atoms with E-state index in [1.807, 2.05) is 12.1 Å². The molecule has 0 unspecified atom stereocenters. The summed E-state index contributed by atoms with van der Waals surface area (Å²) >= 11 is 0. The molecule has 0 saturated carbocycles. The van der Waals surface area contributed by atoms with Crippen LogP contribution in [0.4, 0.5) is 0 Å². The van der Waals surface area contributed by atoms with Crippen LogP contribution >= 0.6 is 0 Å². The van der Waals surface area contributed by atoms with Crippen LogP contribution in [0.15, 0.2) is 243 Å². The minimum absolute atomic E-state index is 0.698. The molecular formula is C62H40N2. The van der Waals surface area contributed by atoms with Crippen LogP contribution in [0.2, 0.25) is 0 Å². The number of hydrogen-bond acceptors (Lipinski definition) is 2. The summed E-state index contributed by atoms with van der Waals surface area (Å²) in [5, 5.41) is 10.1. The fourth-order valence-electron chi connectivity index (χ4n) is 9.49. The highest BCUT2D eigenvalue weighted by molar-refractivity contribution is 6.20. The SMILES string of the molecule is c1ccc(-c2ccc(-c3cc(-c4ccccc4)nc(-c4ccc(-c5ccc(-c6ccc(-c7c8ccccc8cc8c7ccc7ccccc78)cc6)c6ccccc56)cc4)n3)cc2)cc1. The van der Waals surface area contributed by atoms with Crippen molar-refractivity contribution in [2.45, 2.75) is 0 Å². The predicted octanol–water partition coefficient (Wildman–Crippen LogP) is 16.8. The number of hydrogen-bond donors (Lipinski definition) is 0. The van der Waals surface area contributed by atoms with Gasteiger partial charge in [-0.25, -0.2) is 9.97 Å². The van der Waals surface area contributed by atoms with Gasteiger partial charge in [-0.15, -0.1) is 0 Å². The van der Waals surface area contributed by atoms with E-state index in [1.54, 1.807) is 0 Å². The van der Waals surface area contributed by atoms with E-state index in [0.717, 1.165) is 33.6 Å². The molecule has 0 amide bonds. The van der Waals surface area contributed by atoms with Crippen LogP contribution in [-0.2, 0) is 0 Å². The molecule has 0 bridgehead atoms. The molecule has 0 aliphatic heterocycles. The van der Waals surface area contributed by atoms with Crippen molar-refractivity contribution in [3.63, 3.8) is 0 Å². The lowest BCUT2D eigenvalue weighted by atomic mass is 9.88. The van der Waals surface area contributed by atoms with Gasteiger partial charge in [0.15, 0.2) is 5.82 Å². The molecule has 12 aromatic rings. The Morgan fingerprint density at radius 3 is 1.28 bits per heavy atom. The fraction of sp³-hybridized carbons (Fsp3) is 0. The van der Waals surface area contributed by atoms with Crippen molar-refractivity contribution in [3.05, 3.63) is 243 Å². The molecule has 0 atom stereocenters.